The summed E-state index contributed by atoms with van der Waals surface area (Å²) in [5.41, 5.74) is 1.43. The predicted molar refractivity (Wildman–Crippen MR) is 78.5 cm³/mol. The van der Waals surface area contributed by atoms with E-state index in [2.05, 4.69) is 15.5 Å². The summed E-state index contributed by atoms with van der Waals surface area (Å²) in [5.74, 6) is 2.08. The summed E-state index contributed by atoms with van der Waals surface area (Å²) in [6.07, 6.45) is 0.808. The van der Waals surface area contributed by atoms with Gasteiger partial charge in [-0.05, 0) is 36.2 Å². The van der Waals surface area contributed by atoms with Crippen LogP contribution >= 0.6 is 0 Å². The topological polar surface area (TPSA) is 80.1 Å². The van der Waals surface area contributed by atoms with Crippen molar-refractivity contribution in [1.29, 1.82) is 5.26 Å². The van der Waals surface area contributed by atoms with Crippen molar-refractivity contribution < 1.29 is 9.47 Å². The van der Waals surface area contributed by atoms with Crippen LogP contribution in [0.2, 0.25) is 0 Å². The molecule has 0 saturated heterocycles. The van der Waals surface area contributed by atoms with Crippen LogP contribution in [0.5, 0.6) is 11.5 Å². The number of benzene rings is 1. The van der Waals surface area contributed by atoms with E-state index >= 15 is 0 Å². The Labute approximate surface area is 123 Å². The maximum atomic E-state index is 8.65. The molecule has 1 heterocycles. The highest BCUT2D eigenvalue weighted by Gasteiger charge is 2.04. The number of hydrogen-bond acceptors (Lipinski definition) is 6. The van der Waals surface area contributed by atoms with Gasteiger partial charge in [0.05, 0.1) is 14.2 Å². The van der Waals surface area contributed by atoms with Gasteiger partial charge in [-0.1, -0.05) is 6.07 Å². The third-order valence-electron chi connectivity index (χ3n) is 2.95. The van der Waals surface area contributed by atoms with E-state index in [0.29, 0.717) is 29.6 Å². The second-order valence-electron chi connectivity index (χ2n) is 4.28. The zero-order valence-corrected chi connectivity index (χ0v) is 12.0. The van der Waals surface area contributed by atoms with Gasteiger partial charge < -0.3 is 14.8 Å². The fourth-order valence-electron chi connectivity index (χ4n) is 1.86. The molecular weight excluding hydrogens is 268 g/mol. The van der Waals surface area contributed by atoms with E-state index in [1.54, 1.807) is 26.4 Å². The number of nitriles is 1. The molecule has 6 nitrogen and oxygen atoms in total. The molecule has 0 spiro atoms. The lowest BCUT2D eigenvalue weighted by Crippen LogP contribution is -2.07. The first-order chi connectivity index (χ1) is 10.3. The second kappa shape index (κ2) is 7.10. The van der Waals surface area contributed by atoms with Crippen molar-refractivity contribution in [3.05, 3.63) is 41.6 Å². The fourth-order valence-corrected chi connectivity index (χ4v) is 1.86. The van der Waals surface area contributed by atoms with Crippen LogP contribution in [-0.2, 0) is 6.42 Å². The van der Waals surface area contributed by atoms with Gasteiger partial charge in [-0.2, -0.15) is 5.26 Å². The molecule has 0 aliphatic heterocycles. The highest BCUT2D eigenvalue weighted by molar-refractivity contribution is 5.43. The molecular formula is C15H16N4O2. The van der Waals surface area contributed by atoms with E-state index in [1.807, 2.05) is 24.3 Å². The van der Waals surface area contributed by atoms with Gasteiger partial charge in [-0.3, -0.25) is 0 Å². The first kappa shape index (κ1) is 14.6. The number of methoxy groups -OCH3 is 2. The van der Waals surface area contributed by atoms with Crippen molar-refractivity contribution in [1.82, 2.24) is 10.2 Å². The Kier molecular flexibility index (Phi) is 4.94. The smallest absolute Gasteiger partial charge is 0.163 e. The number of nitrogens with zero attached hydrogens (tertiary/aromatic N) is 3. The van der Waals surface area contributed by atoms with E-state index < -0.39 is 0 Å². The van der Waals surface area contributed by atoms with Gasteiger partial charge in [-0.25, -0.2) is 0 Å². The number of hydrogen-bond donors (Lipinski definition) is 1. The molecule has 1 aromatic carbocycles. The van der Waals surface area contributed by atoms with Gasteiger partial charge in [0.25, 0.3) is 0 Å². The Morgan fingerprint density at radius 1 is 1.10 bits per heavy atom. The summed E-state index contributed by atoms with van der Waals surface area (Å²) in [7, 11) is 3.23. The van der Waals surface area contributed by atoms with Crippen LogP contribution in [0.25, 0.3) is 0 Å². The lowest BCUT2D eigenvalue weighted by molar-refractivity contribution is 0.354. The van der Waals surface area contributed by atoms with Gasteiger partial charge in [0.15, 0.2) is 17.2 Å². The van der Waals surface area contributed by atoms with Crippen molar-refractivity contribution in [3.8, 4) is 17.6 Å². The van der Waals surface area contributed by atoms with Crippen LogP contribution in [0, 0.1) is 11.3 Å². The van der Waals surface area contributed by atoms with E-state index in [9.17, 15) is 0 Å². The molecule has 21 heavy (non-hydrogen) atoms. The predicted octanol–water partition coefficient (Wildman–Crippen LogP) is 2.02. The van der Waals surface area contributed by atoms with Gasteiger partial charge in [0.1, 0.15) is 11.9 Å². The molecule has 0 unspecified atom stereocenters. The van der Waals surface area contributed by atoms with Crippen molar-refractivity contribution in [2.75, 3.05) is 26.1 Å². The van der Waals surface area contributed by atoms with Crippen LogP contribution in [0.15, 0.2) is 30.3 Å². The van der Waals surface area contributed by atoms with Gasteiger partial charge in [0.2, 0.25) is 0 Å². The molecule has 0 radical (unpaired) electrons. The molecule has 2 rings (SSSR count). The summed E-state index contributed by atoms with van der Waals surface area (Å²) in [6.45, 7) is 0.704. The summed E-state index contributed by atoms with van der Waals surface area (Å²) in [5, 5.41) is 19.5. The number of nitrogens with one attached hydrogen (secondary N) is 1. The maximum absolute atomic E-state index is 8.65. The van der Waals surface area contributed by atoms with Gasteiger partial charge in [-0.15, -0.1) is 10.2 Å². The van der Waals surface area contributed by atoms with Crippen molar-refractivity contribution >= 4 is 5.82 Å². The molecule has 0 fully saturated rings. The standard InChI is InChI=1S/C15H16N4O2/c1-20-13-5-3-11(9-14(13)21-2)7-8-17-15-6-4-12(10-16)18-19-15/h3-6,9H,7-8H2,1-2H3,(H,17,19). The molecule has 0 bridgehead atoms. The molecule has 0 saturated carbocycles. The normalized spacial score (nSPS) is 9.76. The van der Waals surface area contributed by atoms with E-state index in [0.717, 1.165) is 12.0 Å². The molecule has 0 atom stereocenters. The largest absolute Gasteiger partial charge is 0.493 e. The first-order valence-corrected chi connectivity index (χ1v) is 6.45. The quantitative estimate of drug-likeness (QED) is 0.874. The second-order valence-corrected chi connectivity index (χ2v) is 4.28. The fraction of sp³-hybridized carbons (Fsp3) is 0.267. The lowest BCUT2D eigenvalue weighted by Gasteiger charge is -2.10. The average Bonchev–Trinajstić information content (AvgIpc) is 2.55. The van der Waals surface area contributed by atoms with E-state index in [-0.39, 0.29) is 0 Å². The zero-order valence-electron chi connectivity index (χ0n) is 12.0. The molecule has 0 aliphatic rings. The Morgan fingerprint density at radius 3 is 2.52 bits per heavy atom. The third-order valence-corrected chi connectivity index (χ3v) is 2.95. The summed E-state index contributed by atoms with van der Waals surface area (Å²) in [4.78, 5) is 0. The van der Waals surface area contributed by atoms with E-state index in [1.165, 1.54) is 0 Å². The van der Waals surface area contributed by atoms with Crippen LogP contribution < -0.4 is 14.8 Å². The van der Waals surface area contributed by atoms with Crippen molar-refractivity contribution in [2.45, 2.75) is 6.42 Å². The summed E-state index contributed by atoms with van der Waals surface area (Å²) >= 11 is 0. The van der Waals surface area contributed by atoms with Crippen molar-refractivity contribution in [3.63, 3.8) is 0 Å². The molecule has 0 amide bonds. The Morgan fingerprint density at radius 2 is 1.90 bits per heavy atom. The molecule has 108 valence electrons. The van der Waals surface area contributed by atoms with Gasteiger partial charge in [0, 0.05) is 6.54 Å². The highest BCUT2D eigenvalue weighted by atomic mass is 16.5. The SMILES string of the molecule is COc1ccc(CCNc2ccc(C#N)nn2)cc1OC. The average molecular weight is 284 g/mol. The van der Waals surface area contributed by atoms with E-state index in [4.69, 9.17) is 14.7 Å². The molecule has 1 aromatic heterocycles. The minimum atomic E-state index is 0.306. The monoisotopic (exact) mass is 284 g/mol. The Bertz CT molecular complexity index is 635. The molecule has 1 N–H and O–H groups in total. The molecule has 0 aliphatic carbocycles. The van der Waals surface area contributed by atoms with Crippen LogP contribution in [0.1, 0.15) is 11.3 Å². The van der Waals surface area contributed by atoms with Crippen molar-refractivity contribution in [2.24, 2.45) is 0 Å². The summed E-state index contributed by atoms with van der Waals surface area (Å²) < 4.78 is 10.5. The lowest BCUT2D eigenvalue weighted by atomic mass is 10.1. The molecule has 6 heteroatoms. The maximum Gasteiger partial charge on any atom is 0.163 e. The van der Waals surface area contributed by atoms with Crippen LogP contribution in [-0.4, -0.2) is 31.0 Å². The zero-order chi connectivity index (χ0) is 15.1. The van der Waals surface area contributed by atoms with Gasteiger partial charge >= 0.3 is 0 Å². The minimum absolute atomic E-state index is 0.306. The number of rotatable bonds is 6. The third kappa shape index (κ3) is 3.83. The number of anilines is 1. The van der Waals surface area contributed by atoms with Crippen LogP contribution in [0.3, 0.4) is 0 Å². The number of ether oxygens (including phenoxy) is 2. The minimum Gasteiger partial charge on any atom is -0.493 e. The molecule has 2 aromatic rings. The summed E-state index contributed by atoms with van der Waals surface area (Å²) in [6, 6.07) is 11.1. The Balaban J connectivity index is 1.92. The van der Waals surface area contributed by atoms with Crippen LogP contribution in [0.4, 0.5) is 5.82 Å². The highest BCUT2D eigenvalue weighted by Crippen LogP contribution is 2.27. The first-order valence-electron chi connectivity index (χ1n) is 6.45. The number of aromatic nitrogens is 2. The Hall–Kier alpha value is -2.81.